The molecule has 1 aromatic heterocycles. The van der Waals surface area contributed by atoms with E-state index in [2.05, 4.69) is 58.5 Å². The standard InChI is InChI=1S/C18H22BrNS/c1-13(20-11-10-17-8-9-18(19)21-17)15-7-6-14-4-2-3-5-16(14)12-15/h6-9,12-13,20H,2-5,10-11H2,1H3. The summed E-state index contributed by atoms with van der Waals surface area (Å²) < 4.78 is 1.22. The molecule has 0 saturated carbocycles. The van der Waals surface area contributed by atoms with Crippen LogP contribution in [0.4, 0.5) is 0 Å². The summed E-state index contributed by atoms with van der Waals surface area (Å²) in [5.74, 6) is 0. The maximum Gasteiger partial charge on any atom is 0.0701 e. The lowest BCUT2D eigenvalue weighted by Crippen LogP contribution is -2.21. The summed E-state index contributed by atoms with van der Waals surface area (Å²) in [5.41, 5.74) is 4.58. The molecule has 1 N–H and O–H groups in total. The normalized spacial score (nSPS) is 15.7. The van der Waals surface area contributed by atoms with Crippen LogP contribution in [-0.4, -0.2) is 6.54 Å². The molecule has 3 heteroatoms. The molecule has 0 saturated heterocycles. The Morgan fingerprint density at radius 2 is 1.95 bits per heavy atom. The molecule has 1 aromatic carbocycles. The zero-order chi connectivity index (χ0) is 14.7. The highest BCUT2D eigenvalue weighted by Gasteiger charge is 2.12. The van der Waals surface area contributed by atoms with Crippen LogP contribution in [0.25, 0.3) is 0 Å². The van der Waals surface area contributed by atoms with Gasteiger partial charge in [-0.25, -0.2) is 0 Å². The first kappa shape index (κ1) is 15.3. The molecule has 0 spiro atoms. The summed E-state index contributed by atoms with van der Waals surface area (Å²) in [6.07, 6.45) is 6.34. The van der Waals surface area contributed by atoms with E-state index in [0.717, 1.165) is 13.0 Å². The number of fused-ring (bicyclic) bond motifs is 1. The van der Waals surface area contributed by atoms with Gasteiger partial charge in [0.2, 0.25) is 0 Å². The summed E-state index contributed by atoms with van der Waals surface area (Å²) in [6.45, 7) is 3.31. The molecule has 0 amide bonds. The zero-order valence-corrected chi connectivity index (χ0v) is 14.9. The van der Waals surface area contributed by atoms with Gasteiger partial charge in [0, 0.05) is 17.5 Å². The Morgan fingerprint density at radius 1 is 1.14 bits per heavy atom. The minimum absolute atomic E-state index is 0.431. The van der Waals surface area contributed by atoms with Crippen LogP contribution in [0, 0.1) is 0 Å². The summed E-state index contributed by atoms with van der Waals surface area (Å²) in [4.78, 5) is 1.44. The van der Waals surface area contributed by atoms with E-state index in [1.165, 1.54) is 39.9 Å². The van der Waals surface area contributed by atoms with Gasteiger partial charge in [0.05, 0.1) is 3.79 Å². The molecule has 1 unspecified atom stereocenters. The Balaban J connectivity index is 1.56. The van der Waals surface area contributed by atoms with Gasteiger partial charge in [0.25, 0.3) is 0 Å². The number of benzene rings is 1. The molecule has 1 aliphatic carbocycles. The highest BCUT2D eigenvalue weighted by molar-refractivity contribution is 9.11. The second-order valence-corrected chi connectivity index (χ2v) is 8.41. The molecule has 2 aromatic rings. The van der Waals surface area contributed by atoms with E-state index in [1.807, 2.05) is 11.3 Å². The van der Waals surface area contributed by atoms with E-state index in [4.69, 9.17) is 0 Å². The van der Waals surface area contributed by atoms with Crippen molar-refractivity contribution in [3.63, 3.8) is 0 Å². The molecule has 1 aliphatic rings. The average molecular weight is 364 g/mol. The highest BCUT2D eigenvalue weighted by Crippen LogP contribution is 2.25. The van der Waals surface area contributed by atoms with Crippen molar-refractivity contribution >= 4 is 27.3 Å². The van der Waals surface area contributed by atoms with E-state index in [9.17, 15) is 0 Å². The lowest BCUT2D eigenvalue weighted by Gasteiger charge is -2.20. The molecular formula is C18H22BrNS. The van der Waals surface area contributed by atoms with Crippen LogP contribution >= 0.6 is 27.3 Å². The van der Waals surface area contributed by atoms with E-state index in [0.29, 0.717) is 6.04 Å². The number of nitrogens with one attached hydrogen (secondary N) is 1. The molecule has 112 valence electrons. The number of thiophene rings is 1. The van der Waals surface area contributed by atoms with Gasteiger partial charge in [-0.3, -0.25) is 0 Å². The largest absolute Gasteiger partial charge is 0.310 e. The van der Waals surface area contributed by atoms with Crippen LogP contribution in [0.1, 0.15) is 47.4 Å². The van der Waals surface area contributed by atoms with Crippen LogP contribution < -0.4 is 5.32 Å². The van der Waals surface area contributed by atoms with Gasteiger partial charge in [-0.05, 0) is 83.8 Å². The average Bonchev–Trinajstić information content (AvgIpc) is 2.92. The van der Waals surface area contributed by atoms with E-state index >= 15 is 0 Å². The topological polar surface area (TPSA) is 12.0 Å². The lowest BCUT2D eigenvalue weighted by molar-refractivity contribution is 0.576. The summed E-state index contributed by atoms with van der Waals surface area (Å²) in [5, 5.41) is 3.65. The predicted octanol–water partition coefficient (Wildman–Crippen LogP) is 5.28. The Hall–Kier alpha value is -0.640. The fourth-order valence-electron chi connectivity index (χ4n) is 3.04. The summed E-state index contributed by atoms with van der Waals surface area (Å²) in [7, 11) is 0. The molecule has 0 aliphatic heterocycles. The van der Waals surface area contributed by atoms with Gasteiger partial charge in [-0.15, -0.1) is 11.3 Å². The highest BCUT2D eigenvalue weighted by atomic mass is 79.9. The van der Waals surface area contributed by atoms with E-state index in [1.54, 1.807) is 11.1 Å². The van der Waals surface area contributed by atoms with Crippen LogP contribution in [0.5, 0.6) is 0 Å². The second-order valence-electron chi connectivity index (χ2n) is 5.87. The number of aryl methyl sites for hydroxylation is 2. The van der Waals surface area contributed by atoms with Crippen LogP contribution in [0.3, 0.4) is 0 Å². The third kappa shape index (κ3) is 3.97. The van der Waals surface area contributed by atoms with Crippen LogP contribution in [0.15, 0.2) is 34.1 Å². The number of hydrogen-bond acceptors (Lipinski definition) is 2. The fraction of sp³-hybridized carbons (Fsp3) is 0.444. The van der Waals surface area contributed by atoms with Gasteiger partial charge in [0.15, 0.2) is 0 Å². The van der Waals surface area contributed by atoms with Crippen molar-refractivity contribution in [3.8, 4) is 0 Å². The van der Waals surface area contributed by atoms with Crippen molar-refractivity contribution in [2.24, 2.45) is 0 Å². The minimum atomic E-state index is 0.431. The van der Waals surface area contributed by atoms with Crippen molar-refractivity contribution < 1.29 is 0 Å². The Kier molecular flexibility index (Phi) is 5.15. The maximum absolute atomic E-state index is 3.65. The van der Waals surface area contributed by atoms with Crippen molar-refractivity contribution in [2.75, 3.05) is 6.54 Å². The maximum atomic E-state index is 3.65. The molecule has 1 heterocycles. The quantitative estimate of drug-likeness (QED) is 0.761. The molecular weight excluding hydrogens is 342 g/mol. The molecule has 1 atom stereocenters. The molecule has 21 heavy (non-hydrogen) atoms. The van der Waals surface area contributed by atoms with Gasteiger partial charge in [-0.2, -0.15) is 0 Å². The number of rotatable bonds is 5. The van der Waals surface area contributed by atoms with Gasteiger partial charge in [-0.1, -0.05) is 18.2 Å². The van der Waals surface area contributed by atoms with Gasteiger partial charge < -0.3 is 5.32 Å². The first-order valence-corrected chi connectivity index (χ1v) is 9.42. The van der Waals surface area contributed by atoms with E-state index < -0.39 is 0 Å². The number of hydrogen-bond donors (Lipinski definition) is 1. The lowest BCUT2D eigenvalue weighted by atomic mass is 9.89. The monoisotopic (exact) mass is 363 g/mol. The van der Waals surface area contributed by atoms with Gasteiger partial charge >= 0.3 is 0 Å². The third-order valence-electron chi connectivity index (χ3n) is 4.32. The predicted molar refractivity (Wildman–Crippen MR) is 95.2 cm³/mol. The van der Waals surface area contributed by atoms with Crippen LogP contribution in [0.2, 0.25) is 0 Å². The SMILES string of the molecule is CC(NCCc1ccc(Br)s1)c1ccc2c(c1)CCCC2. The van der Waals surface area contributed by atoms with E-state index in [-0.39, 0.29) is 0 Å². The molecule has 1 nitrogen and oxygen atoms in total. The molecule has 0 fully saturated rings. The Bertz CT molecular complexity index is 605. The molecule has 3 rings (SSSR count). The van der Waals surface area contributed by atoms with Crippen molar-refractivity contribution in [3.05, 3.63) is 55.7 Å². The second kappa shape index (κ2) is 7.08. The molecule has 0 bridgehead atoms. The Morgan fingerprint density at radius 3 is 2.71 bits per heavy atom. The van der Waals surface area contributed by atoms with Crippen LogP contribution in [-0.2, 0) is 19.3 Å². The van der Waals surface area contributed by atoms with Crippen molar-refractivity contribution in [2.45, 2.75) is 45.1 Å². The third-order valence-corrected chi connectivity index (χ3v) is 6.01. The number of halogens is 1. The molecule has 0 radical (unpaired) electrons. The first-order chi connectivity index (χ1) is 10.2. The fourth-order valence-corrected chi connectivity index (χ4v) is 4.52. The van der Waals surface area contributed by atoms with Crippen molar-refractivity contribution in [1.29, 1.82) is 0 Å². The van der Waals surface area contributed by atoms with Gasteiger partial charge in [0.1, 0.15) is 0 Å². The summed E-state index contributed by atoms with van der Waals surface area (Å²) in [6, 6.07) is 11.9. The smallest absolute Gasteiger partial charge is 0.0701 e. The van der Waals surface area contributed by atoms with Crippen molar-refractivity contribution in [1.82, 2.24) is 5.32 Å². The zero-order valence-electron chi connectivity index (χ0n) is 12.5. The Labute approximate surface area is 139 Å². The minimum Gasteiger partial charge on any atom is -0.310 e. The summed E-state index contributed by atoms with van der Waals surface area (Å²) >= 11 is 5.35. The first-order valence-electron chi connectivity index (χ1n) is 7.81.